The SMILES string of the molecule is [c]1nc2ccccc2c(C2CCCCO2)c1-c1conn1. The zero-order chi connectivity index (χ0) is 14.1. The highest BCUT2D eigenvalue weighted by Gasteiger charge is 2.24. The highest BCUT2D eigenvalue weighted by atomic mass is 16.5. The maximum Gasteiger partial charge on any atom is 0.152 e. The van der Waals surface area contributed by atoms with Crippen molar-refractivity contribution in [2.45, 2.75) is 25.4 Å². The van der Waals surface area contributed by atoms with Crippen molar-refractivity contribution in [1.29, 1.82) is 0 Å². The van der Waals surface area contributed by atoms with Crippen molar-refractivity contribution < 1.29 is 9.26 Å². The summed E-state index contributed by atoms with van der Waals surface area (Å²) in [5, 5.41) is 8.64. The van der Waals surface area contributed by atoms with Gasteiger partial charge in [-0.05, 0) is 25.3 Å². The van der Waals surface area contributed by atoms with Gasteiger partial charge in [0.1, 0.15) is 11.9 Å². The Bertz CT molecular complexity index is 749. The third-order valence-corrected chi connectivity index (χ3v) is 3.87. The minimum Gasteiger partial charge on any atom is -0.373 e. The number of nitrogens with zero attached hydrogens (tertiary/aromatic N) is 3. The molecule has 2 aromatic heterocycles. The second-order valence-electron chi connectivity index (χ2n) is 5.17. The average molecular weight is 280 g/mol. The monoisotopic (exact) mass is 280 g/mol. The molecule has 1 radical (unpaired) electrons. The van der Waals surface area contributed by atoms with Crippen LogP contribution in [0.15, 0.2) is 35.1 Å². The number of fused-ring (bicyclic) bond motifs is 1. The Balaban J connectivity index is 1.96. The Kier molecular flexibility index (Phi) is 3.12. The average Bonchev–Trinajstić information content (AvgIpc) is 3.09. The van der Waals surface area contributed by atoms with Crippen LogP contribution in [0.25, 0.3) is 22.2 Å². The maximum absolute atomic E-state index is 5.98. The molecule has 105 valence electrons. The number of benzene rings is 1. The van der Waals surface area contributed by atoms with Gasteiger partial charge < -0.3 is 9.26 Å². The van der Waals surface area contributed by atoms with E-state index in [0.717, 1.165) is 47.9 Å². The maximum atomic E-state index is 5.98. The molecule has 3 aromatic rings. The van der Waals surface area contributed by atoms with Crippen molar-refractivity contribution in [2.75, 3.05) is 6.61 Å². The molecule has 1 fully saturated rings. The zero-order valence-electron chi connectivity index (χ0n) is 11.5. The van der Waals surface area contributed by atoms with Crippen molar-refractivity contribution >= 4 is 10.9 Å². The van der Waals surface area contributed by atoms with Crippen LogP contribution in [0.5, 0.6) is 0 Å². The number of rotatable bonds is 2. The molecule has 3 heterocycles. The molecule has 0 saturated carbocycles. The van der Waals surface area contributed by atoms with Crippen LogP contribution >= 0.6 is 0 Å². The molecule has 1 atom stereocenters. The molecule has 0 spiro atoms. The Morgan fingerprint density at radius 3 is 2.95 bits per heavy atom. The van der Waals surface area contributed by atoms with E-state index in [9.17, 15) is 0 Å². The van der Waals surface area contributed by atoms with Gasteiger partial charge in [0.05, 0.1) is 11.6 Å². The Hall–Kier alpha value is -2.27. The topological polar surface area (TPSA) is 61.0 Å². The standard InChI is InChI=1S/C16H14N3O2/c1-2-6-13-11(5-1)16(15-7-3-4-8-20-15)12(9-17-13)14-10-21-19-18-14/h1-2,5-6,10,15H,3-4,7-8H2. The van der Waals surface area contributed by atoms with Crippen LogP contribution in [0.2, 0.25) is 0 Å². The van der Waals surface area contributed by atoms with Crippen LogP contribution in [0.1, 0.15) is 30.9 Å². The Morgan fingerprint density at radius 2 is 2.14 bits per heavy atom. The van der Waals surface area contributed by atoms with Gasteiger partial charge in [0, 0.05) is 28.4 Å². The lowest BCUT2D eigenvalue weighted by molar-refractivity contribution is 0.0161. The molecule has 0 aliphatic carbocycles. The normalized spacial score (nSPS) is 19.0. The Morgan fingerprint density at radius 1 is 1.19 bits per heavy atom. The predicted molar refractivity (Wildman–Crippen MR) is 76.4 cm³/mol. The number of pyridine rings is 1. The van der Waals surface area contributed by atoms with Gasteiger partial charge in [-0.25, -0.2) is 4.98 Å². The van der Waals surface area contributed by atoms with Crippen LogP contribution in [0.3, 0.4) is 0 Å². The molecule has 5 nitrogen and oxygen atoms in total. The largest absolute Gasteiger partial charge is 0.373 e. The van der Waals surface area contributed by atoms with E-state index in [1.54, 1.807) is 0 Å². The number of hydrogen-bond donors (Lipinski definition) is 0. The van der Waals surface area contributed by atoms with E-state index >= 15 is 0 Å². The van der Waals surface area contributed by atoms with Gasteiger partial charge in [0.15, 0.2) is 6.26 Å². The second kappa shape index (κ2) is 5.26. The van der Waals surface area contributed by atoms with Crippen molar-refractivity contribution in [1.82, 2.24) is 15.4 Å². The molecule has 1 aliphatic heterocycles. The van der Waals surface area contributed by atoms with Crippen molar-refractivity contribution in [3.63, 3.8) is 0 Å². The van der Waals surface area contributed by atoms with E-state index in [2.05, 4.69) is 27.6 Å². The molecule has 0 amide bonds. The summed E-state index contributed by atoms with van der Waals surface area (Å²) in [4.78, 5) is 4.40. The molecule has 5 heteroatoms. The van der Waals surface area contributed by atoms with Gasteiger partial charge in [-0.3, -0.25) is 0 Å². The first-order valence-corrected chi connectivity index (χ1v) is 7.13. The number of para-hydroxylation sites is 1. The van der Waals surface area contributed by atoms with Crippen molar-refractivity contribution in [3.05, 3.63) is 42.3 Å². The first kappa shape index (κ1) is 12.5. The van der Waals surface area contributed by atoms with Crippen LogP contribution in [-0.4, -0.2) is 22.0 Å². The lowest BCUT2D eigenvalue weighted by atomic mass is 9.93. The van der Waals surface area contributed by atoms with Crippen LogP contribution in [-0.2, 0) is 4.74 Å². The van der Waals surface area contributed by atoms with Gasteiger partial charge in [-0.2, -0.15) is 0 Å². The molecular formula is C16H14N3O2. The minimum atomic E-state index is 0.0506. The molecule has 21 heavy (non-hydrogen) atoms. The Labute approximate surface area is 121 Å². The fourth-order valence-electron chi connectivity index (χ4n) is 2.88. The summed E-state index contributed by atoms with van der Waals surface area (Å²) < 4.78 is 10.9. The molecule has 4 rings (SSSR count). The van der Waals surface area contributed by atoms with E-state index in [1.807, 2.05) is 18.2 Å². The first-order valence-electron chi connectivity index (χ1n) is 7.13. The summed E-state index contributed by atoms with van der Waals surface area (Å²) in [7, 11) is 0. The second-order valence-corrected chi connectivity index (χ2v) is 5.17. The third-order valence-electron chi connectivity index (χ3n) is 3.87. The molecule has 1 unspecified atom stereocenters. The summed E-state index contributed by atoms with van der Waals surface area (Å²) in [5.41, 5.74) is 3.48. The molecule has 0 N–H and O–H groups in total. The lowest BCUT2D eigenvalue weighted by Gasteiger charge is -2.25. The summed E-state index contributed by atoms with van der Waals surface area (Å²) in [6.07, 6.45) is 7.94. The highest BCUT2D eigenvalue weighted by molar-refractivity contribution is 5.88. The van der Waals surface area contributed by atoms with Gasteiger partial charge in [-0.15, -0.1) is 5.10 Å². The minimum absolute atomic E-state index is 0.0506. The van der Waals surface area contributed by atoms with E-state index in [4.69, 9.17) is 9.26 Å². The summed E-state index contributed by atoms with van der Waals surface area (Å²) in [6, 6.07) is 8.05. The van der Waals surface area contributed by atoms with Crippen molar-refractivity contribution in [3.8, 4) is 11.3 Å². The third kappa shape index (κ3) is 2.19. The van der Waals surface area contributed by atoms with Crippen LogP contribution in [0, 0.1) is 6.20 Å². The number of aromatic nitrogens is 3. The van der Waals surface area contributed by atoms with Crippen molar-refractivity contribution in [2.24, 2.45) is 0 Å². The fraction of sp³-hybridized carbons (Fsp3) is 0.312. The fourth-order valence-corrected chi connectivity index (χ4v) is 2.88. The molecule has 1 aliphatic rings. The van der Waals surface area contributed by atoms with Gasteiger partial charge in [0.2, 0.25) is 0 Å². The van der Waals surface area contributed by atoms with Crippen LogP contribution < -0.4 is 0 Å². The van der Waals surface area contributed by atoms with E-state index in [-0.39, 0.29) is 6.10 Å². The summed E-state index contributed by atoms with van der Waals surface area (Å²) in [5.74, 6) is 0. The smallest absolute Gasteiger partial charge is 0.152 e. The molecule has 1 saturated heterocycles. The summed E-state index contributed by atoms with van der Waals surface area (Å²) >= 11 is 0. The first-order chi connectivity index (χ1) is 10.4. The quantitative estimate of drug-likeness (QED) is 0.720. The van der Waals surface area contributed by atoms with E-state index in [1.165, 1.54) is 6.26 Å². The zero-order valence-corrected chi connectivity index (χ0v) is 11.5. The number of hydrogen-bond acceptors (Lipinski definition) is 5. The van der Waals surface area contributed by atoms with E-state index in [0.29, 0.717) is 5.69 Å². The predicted octanol–water partition coefficient (Wildman–Crippen LogP) is 3.33. The molecular weight excluding hydrogens is 266 g/mol. The lowest BCUT2D eigenvalue weighted by Crippen LogP contribution is -2.13. The highest BCUT2D eigenvalue weighted by Crippen LogP contribution is 2.38. The number of ether oxygens (including phenoxy) is 1. The van der Waals surface area contributed by atoms with Gasteiger partial charge >= 0.3 is 0 Å². The molecule has 0 bridgehead atoms. The van der Waals surface area contributed by atoms with E-state index < -0.39 is 0 Å². The molecule has 1 aromatic carbocycles. The van der Waals surface area contributed by atoms with Gasteiger partial charge in [0.25, 0.3) is 0 Å². The summed E-state index contributed by atoms with van der Waals surface area (Å²) in [6.45, 7) is 0.790. The van der Waals surface area contributed by atoms with Crippen LogP contribution in [0.4, 0.5) is 0 Å². The van der Waals surface area contributed by atoms with Gasteiger partial charge in [-0.1, -0.05) is 18.2 Å².